The van der Waals surface area contributed by atoms with Crippen LogP contribution in [0.4, 0.5) is 0 Å². The molecular formula is C22H48N4O2. The van der Waals surface area contributed by atoms with E-state index in [0.717, 1.165) is 11.4 Å². The van der Waals surface area contributed by atoms with Gasteiger partial charge in [-0.3, -0.25) is 10.2 Å². The van der Waals surface area contributed by atoms with Gasteiger partial charge in [-0.25, -0.2) is 0 Å². The Morgan fingerprint density at radius 2 is 1.11 bits per heavy atom. The first-order valence-corrected chi connectivity index (χ1v) is 11.4. The fourth-order valence-corrected chi connectivity index (χ4v) is 2.98. The first kappa shape index (κ1) is 28.9. The first-order chi connectivity index (χ1) is 13.5. The van der Waals surface area contributed by atoms with Crippen LogP contribution in [0.15, 0.2) is 0 Å². The monoisotopic (exact) mass is 400 g/mol. The van der Waals surface area contributed by atoms with Crippen LogP contribution in [-0.4, -0.2) is 42.1 Å². The summed E-state index contributed by atoms with van der Waals surface area (Å²) in [6, 6.07) is 0. The van der Waals surface area contributed by atoms with Gasteiger partial charge in [0, 0.05) is 7.05 Å². The summed E-state index contributed by atoms with van der Waals surface area (Å²) in [4.78, 5) is 11.0. The van der Waals surface area contributed by atoms with E-state index in [-0.39, 0.29) is 12.5 Å². The summed E-state index contributed by atoms with van der Waals surface area (Å²) in [5.41, 5.74) is 10.4. The summed E-state index contributed by atoms with van der Waals surface area (Å²) >= 11 is 0. The summed E-state index contributed by atoms with van der Waals surface area (Å²) in [7, 11) is 1.44. The Kier molecular flexibility index (Phi) is 24.5. The van der Waals surface area contributed by atoms with Crippen molar-refractivity contribution >= 4 is 11.9 Å². The molecule has 6 N–H and O–H groups in total. The molecule has 6 heteroatoms. The van der Waals surface area contributed by atoms with E-state index >= 15 is 0 Å². The predicted octanol–water partition coefficient (Wildman–Crippen LogP) is 5.10. The molecule has 0 unspecified atom stereocenters. The average Bonchev–Trinajstić information content (AvgIpc) is 2.65. The van der Waals surface area contributed by atoms with E-state index < -0.39 is 5.97 Å². The van der Waals surface area contributed by atoms with Gasteiger partial charge in [0.1, 0.15) is 6.54 Å². The lowest BCUT2D eigenvalue weighted by atomic mass is 10.0. The number of nitrogens with two attached hydrogens (primary N) is 2. The Balaban J connectivity index is 0. The molecule has 0 aromatic heterocycles. The summed E-state index contributed by atoms with van der Waals surface area (Å²) in [5.74, 6) is -1.23. The second-order valence-corrected chi connectivity index (χ2v) is 7.73. The van der Waals surface area contributed by atoms with E-state index in [4.69, 9.17) is 22.0 Å². The number of nitrogens with one attached hydrogen (secondary N) is 1. The van der Waals surface area contributed by atoms with Crippen LogP contribution in [-0.2, 0) is 4.79 Å². The van der Waals surface area contributed by atoms with Gasteiger partial charge in [0.25, 0.3) is 0 Å². The number of carboxylic acids is 1. The maximum Gasteiger partial charge on any atom is 0.323 e. The highest BCUT2D eigenvalue weighted by atomic mass is 16.4. The van der Waals surface area contributed by atoms with Gasteiger partial charge in [-0.05, 0) is 13.0 Å². The number of nitrogens with zero attached hydrogens (tertiary/aromatic N) is 1. The lowest BCUT2D eigenvalue weighted by molar-refractivity contribution is -0.137. The molecule has 0 radical (unpaired) electrons. The molecular weight excluding hydrogens is 352 g/mol. The fourth-order valence-electron chi connectivity index (χ4n) is 2.98. The van der Waals surface area contributed by atoms with Crippen molar-refractivity contribution in [1.82, 2.24) is 4.90 Å². The minimum Gasteiger partial charge on any atom is -0.480 e. The molecule has 0 heterocycles. The van der Waals surface area contributed by atoms with Crippen molar-refractivity contribution in [2.45, 2.75) is 110 Å². The topological polar surface area (TPSA) is 116 Å². The summed E-state index contributed by atoms with van der Waals surface area (Å²) in [6.07, 6.45) is 22.9. The van der Waals surface area contributed by atoms with Crippen molar-refractivity contribution in [3.05, 3.63) is 0 Å². The van der Waals surface area contributed by atoms with Gasteiger partial charge < -0.3 is 21.5 Å². The first-order valence-electron chi connectivity index (χ1n) is 11.4. The fraction of sp³-hybridized carbons (Fsp3) is 0.909. The Morgan fingerprint density at radius 3 is 1.32 bits per heavy atom. The number of rotatable bonds is 18. The van der Waals surface area contributed by atoms with Crippen LogP contribution >= 0.6 is 0 Å². The number of carboxylic acid groups (broad SMARTS) is 1. The second-order valence-electron chi connectivity index (χ2n) is 7.73. The smallest absolute Gasteiger partial charge is 0.323 e. The molecule has 0 spiro atoms. The van der Waals surface area contributed by atoms with Crippen LogP contribution in [0.2, 0.25) is 0 Å². The molecule has 0 bridgehead atoms. The summed E-state index contributed by atoms with van der Waals surface area (Å²) in [6.45, 7) is 2.94. The molecule has 0 saturated heterocycles. The number of unbranched alkanes of at least 4 members (excludes halogenated alkanes) is 15. The van der Waals surface area contributed by atoms with Crippen LogP contribution in [0.1, 0.15) is 110 Å². The zero-order chi connectivity index (χ0) is 21.5. The standard InChI is InChI=1S/C18H39N.C4H9N3O2/c1-2-3-4-5-6-7-8-9-10-11-12-13-14-15-16-17-18-19;1-7(4(5)6)2-3(8)9/h2-19H2,1H3;2H2,1H3,(H3,5,6)(H,8,9). The lowest BCUT2D eigenvalue weighted by Crippen LogP contribution is -2.36. The Morgan fingerprint density at radius 1 is 0.786 bits per heavy atom. The van der Waals surface area contributed by atoms with E-state index in [2.05, 4.69) is 6.92 Å². The Hall–Kier alpha value is -1.30. The molecule has 0 aromatic rings. The molecule has 0 amide bonds. The SMILES string of the molecule is CCCCCCCCCCCCCCCCCCN.CN(CC(=O)O)C(=N)N. The number of carbonyl (C=O) groups is 1. The van der Waals surface area contributed by atoms with Gasteiger partial charge in [0.15, 0.2) is 5.96 Å². The van der Waals surface area contributed by atoms with Crippen molar-refractivity contribution in [1.29, 1.82) is 5.41 Å². The van der Waals surface area contributed by atoms with Gasteiger partial charge in [-0.15, -0.1) is 0 Å². The number of hydrogen-bond donors (Lipinski definition) is 4. The molecule has 0 fully saturated rings. The van der Waals surface area contributed by atoms with Crippen LogP contribution in [0.5, 0.6) is 0 Å². The van der Waals surface area contributed by atoms with Gasteiger partial charge in [0.2, 0.25) is 0 Å². The molecule has 0 aliphatic carbocycles. The minimum atomic E-state index is -0.993. The van der Waals surface area contributed by atoms with Crippen LogP contribution in [0, 0.1) is 5.41 Å². The molecule has 28 heavy (non-hydrogen) atoms. The molecule has 0 aromatic carbocycles. The van der Waals surface area contributed by atoms with Crippen molar-refractivity contribution in [2.75, 3.05) is 20.1 Å². The van der Waals surface area contributed by atoms with Crippen LogP contribution < -0.4 is 11.5 Å². The minimum absolute atomic E-state index is 0.227. The van der Waals surface area contributed by atoms with Gasteiger partial charge in [-0.1, -0.05) is 103 Å². The van der Waals surface area contributed by atoms with E-state index in [9.17, 15) is 4.79 Å². The number of hydrogen-bond acceptors (Lipinski definition) is 3. The third-order valence-corrected chi connectivity index (χ3v) is 4.84. The third-order valence-electron chi connectivity index (χ3n) is 4.84. The maximum absolute atomic E-state index is 9.92. The van der Waals surface area contributed by atoms with Crippen molar-refractivity contribution in [3.8, 4) is 0 Å². The van der Waals surface area contributed by atoms with Gasteiger partial charge >= 0.3 is 5.97 Å². The molecule has 0 saturated carbocycles. The zero-order valence-corrected chi connectivity index (χ0v) is 18.7. The number of aliphatic carboxylic acids is 1. The average molecular weight is 401 g/mol. The van der Waals surface area contributed by atoms with E-state index in [1.807, 2.05) is 0 Å². The third kappa shape index (κ3) is 26.9. The second kappa shape index (κ2) is 23.7. The number of guanidine groups is 1. The number of likely N-dealkylation sites (N-methyl/N-ethyl adjacent to an activating group) is 1. The Bertz CT molecular complexity index is 335. The molecule has 0 aliphatic heterocycles. The quantitative estimate of drug-likeness (QED) is 0.145. The van der Waals surface area contributed by atoms with Crippen LogP contribution in [0.25, 0.3) is 0 Å². The highest BCUT2D eigenvalue weighted by Crippen LogP contribution is 2.13. The molecule has 168 valence electrons. The van der Waals surface area contributed by atoms with E-state index in [1.54, 1.807) is 0 Å². The van der Waals surface area contributed by atoms with Gasteiger partial charge in [-0.2, -0.15) is 0 Å². The van der Waals surface area contributed by atoms with Gasteiger partial charge in [0.05, 0.1) is 0 Å². The zero-order valence-electron chi connectivity index (χ0n) is 18.7. The maximum atomic E-state index is 9.92. The summed E-state index contributed by atoms with van der Waals surface area (Å²) in [5, 5.41) is 14.9. The predicted molar refractivity (Wildman–Crippen MR) is 121 cm³/mol. The largest absolute Gasteiger partial charge is 0.480 e. The van der Waals surface area contributed by atoms with E-state index in [1.165, 1.54) is 110 Å². The lowest BCUT2D eigenvalue weighted by Gasteiger charge is -2.12. The van der Waals surface area contributed by atoms with Crippen molar-refractivity contribution < 1.29 is 9.90 Å². The normalized spacial score (nSPS) is 10.2. The molecule has 0 aliphatic rings. The Labute approximate surface area is 173 Å². The highest BCUT2D eigenvalue weighted by molar-refractivity contribution is 5.79. The van der Waals surface area contributed by atoms with Crippen molar-refractivity contribution in [2.24, 2.45) is 11.5 Å². The molecule has 0 rings (SSSR count). The van der Waals surface area contributed by atoms with Crippen molar-refractivity contribution in [3.63, 3.8) is 0 Å². The van der Waals surface area contributed by atoms with Crippen LogP contribution in [0.3, 0.4) is 0 Å². The van der Waals surface area contributed by atoms with E-state index in [0.29, 0.717) is 0 Å². The molecule has 6 nitrogen and oxygen atoms in total. The highest BCUT2D eigenvalue weighted by Gasteiger charge is 2.03. The summed E-state index contributed by atoms with van der Waals surface area (Å²) < 4.78 is 0. The molecule has 0 atom stereocenters.